The van der Waals surface area contributed by atoms with Crippen molar-refractivity contribution >= 4 is 15.7 Å². The van der Waals surface area contributed by atoms with Crippen molar-refractivity contribution in [2.24, 2.45) is 5.73 Å². The predicted octanol–water partition coefficient (Wildman–Crippen LogP) is 1.72. The van der Waals surface area contributed by atoms with Crippen molar-refractivity contribution in [2.75, 3.05) is 17.5 Å². The van der Waals surface area contributed by atoms with E-state index in [1.54, 1.807) is 24.3 Å². The molecule has 0 saturated heterocycles. The lowest BCUT2D eigenvalue weighted by atomic mass is 10.3. The van der Waals surface area contributed by atoms with E-state index in [2.05, 4.69) is 0 Å². The first-order valence-electron chi connectivity index (χ1n) is 6.66. The molecule has 2 N–H and O–H groups in total. The molecule has 21 heavy (non-hydrogen) atoms. The van der Waals surface area contributed by atoms with E-state index >= 15 is 0 Å². The number of sulfonamides is 1. The predicted molar refractivity (Wildman–Crippen MR) is 77.7 cm³/mol. The van der Waals surface area contributed by atoms with E-state index in [1.807, 2.05) is 6.07 Å². The molecule has 7 heteroatoms. The number of hydrogen-bond donors (Lipinski definition) is 1. The van der Waals surface area contributed by atoms with Crippen LogP contribution in [0, 0.1) is 0 Å². The Balaban J connectivity index is 2.06. The van der Waals surface area contributed by atoms with Crippen molar-refractivity contribution < 1.29 is 17.6 Å². The maximum absolute atomic E-state index is 12.8. The lowest BCUT2D eigenvalue weighted by Gasteiger charge is -2.21. The summed E-state index contributed by atoms with van der Waals surface area (Å²) in [5.74, 6) is 0.997. The van der Waals surface area contributed by atoms with Crippen molar-refractivity contribution in [2.45, 2.75) is 18.1 Å². The summed E-state index contributed by atoms with van der Waals surface area (Å²) < 4.78 is 37.8. The van der Waals surface area contributed by atoms with Crippen LogP contribution in [-0.2, 0) is 16.6 Å². The van der Waals surface area contributed by atoms with Gasteiger partial charge < -0.3 is 14.9 Å². The number of anilines is 1. The van der Waals surface area contributed by atoms with Gasteiger partial charge in [0.05, 0.1) is 18.8 Å². The summed E-state index contributed by atoms with van der Waals surface area (Å²) in [6, 6.07) is 10.1. The smallest absolute Gasteiger partial charge is 0.297 e. The van der Waals surface area contributed by atoms with Gasteiger partial charge in [-0.3, -0.25) is 4.31 Å². The zero-order chi connectivity index (χ0) is 14.9. The normalized spacial score (nSPS) is 15.2. The van der Waals surface area contributed by atoms with Crippen LogP contribution in [0.2, 0.25) is 0 Å². The Morgan fingerprint density at radius 1 is 1.19 bits per heavy atom. The number of para-hydroxylation sites is 2. The van der Waals surface area contributed by atoms with Gasteiger partial charge in [-0.2, -0.15) is 8.42 Å². The third-order valence-corrected chi connectivity index (χ3v) is 4.97. The van der Waals surface area contributed by atoms with Crippen LogP contribution >= 0.6 is 0 Å². The summed E-state index contributed by atoms with van der Waals surface area (Å²) in [5.41, 5.74) is 5.99. The molecule has 0 bridgehead atoms. The summed E-state index contributed by atoms with van der Waals surface area (Å²) in [5, 5.41) is -0.0975. The van der Waals surface area contributed by atoms with Gasteiger partial charge in [0.15, 0.2) is 0 Å². The van der Waals surface area contributed by atoms with Gasteiger partial charge in [-0.15, -0.1) is 0 Å². The van der Waals surface area contributed by atoms with Crippen LogP contribution in [0.15, 0.2) is 45.9 Å². The maximum Gasteiger partial charge on any atom is 0.297 e. The zero-order valence-electron chi connectivity index (χ0n) is 11.4. The number of rotatable bonds is 3. The second kappa shape index (κ2) is 5.42. The highest BCUT2D eigenvalue weighted by molar-refractivity contribution is 7.92. The molecule has 1 aromatic carbocycles. The van der Waals surface area contributed by atoms with Crippen LogP contribution in [0.1, 0.15) is 12.2 Å². The molecule has 0 spiro atoms. The minimum Gasteiger partial charge on any atom is -0.491 e. The van der Waals surface area contributed by atoms with Gasteiger partial charge in [-0.05, 0) is 24.3 Å². The van der Waals surface area contributed by atoms with E-state index in [0.717, 1.165) is 0 Å². The molecule has 0 saturated carbocycles. The number of ether oxygens (including phenoxy) is 1. The number of fused-ring (bicyclic) bond motifs is 1. The van der Waals surface area contributed by atoms with E-state index in [9.17, 15) is 8.42 Å². The minimum atomic E-state index is -3.76. The second-order valence-corrected chi connectivity index (χ2v) is 6.47. The standard InChI is InChI=1S/C14H16N2O4S/c15-10-11-6-7-14(20-11)21(17,18)16-8-3-9-19-13-5-2-1-4-12(13)16/h1-2,4-7H,3,8-10,15H2. The molecule has 112 valence electrons. The molecule has 2 heterocycles. The van der Waals surface area contributed by atoms with Gasteiger partial charge in [-0.25, -0.2) is 0 Å². The summed E-state index contributed by atoms with van der Waals surface area (Å²) in [6.07, 6.45) is 0.609. The Morgan fingerprint density at radius 3 is 2.76 bits per heavy atom. The lowest BCUT2D eigenvalue weighted by molar-refractivity contribution is 0.322. The average Bonchev–Trinajstić information content (AvgIpc) is 2.87. The van der Waals surface area contributed by atoms with Crippen LogP contribution in [0.5, 0.6) is 5.75 Å². The van der Waals surface area contributed by atoms with Crippen LogP contribution in [-0.4, -0.2) is 21.6 Å². The topological polar surface area (TPSA) is 85.8 Å². The molecule has 0 radical (unpaired) electrons. The first-order chi connectivity index (χ1) is 10.1. The highest BCUT2D eigenvalue weighted by Crippen LogP contribution is 2.34. The van der Waals surface area contributed by atoms with Gasteiger partial charge in [0, 0.05) is 13.0 Å². The first kappa shape index (κ1) is 14.0. The third-order valence-electron chi connectivity index (χ3n) is 3.28. The fraction of sp³-hybridized carbons (Fsp3) is 0.286. The largest absolute Gasteiger partial charge is 0.491 e. The van der Waals surface area contributed by atoms with Gasteiger partial charge in [0.25, 0.3) is 10.0 Å². The van der Waals surface area contributed by atoms with Crippen molar-refractivity contribution in [1.29, 1.82) is 0 Å². The number of benzene rings is 1. The van der Waals surface area contributed by atoms with Gasteiger partial charge in [0.1, 0.15) is 11.5 Å². The Morgan fingerprint density at radius 2 is 2.00 bits per heavy atom. The molecular weight excluding hydrogens is 292 g/mol. The fourth-order valence-corrected chi connectivity index (χ4v) is 3.71. The monoisotopic (exact) mass is 308 g/mol. The lowest BCUT2D eigenvalue weighted by Crippen LogP contribution is -2.31. The summed E-state index contributed by atoms with van der Waals surface area (Å²) in [6.45, 7) is 0.989. The molecule has 1 aromatic heterocycles. The van der Waals surface area contributed by atoms with E-state index < -0.39 is 10.0 Å². The Kier molecular flexibility index (Phi) is 3.60. The van der Waals surface area contributed by atoms with Crippen LogP contribution in [0.25, 0.3) is 0 Å². The molecule has 0 fully saturated rings. The molecule has 6 nitrogen and oxygen atoms in total. The second-order valence-electron chi connectivity index (χ2n) is 4.67. The summed E-state index contributed by atoms with van der Waals surface area (Å²) in [4.78, 5) is 0. The molecule has 0 unspecified atom stereocenters. The molecule has 3 rings (SSSR count). The summed E-state index contributed by atoms with van der Waals surface area (Å²) >= 11 is 0. The van der Waals surface area contributed by atoms with Gasteiger partial charge >= 0.3 is 0 Å². The molecule has 0 atom stereocenters. The maximum atomic E-state index is 12.8. The highest BCUT2D eigenvalue weighted by Gasteiger charge is 2.31. The van der Waals surface area contributed by atoms with E-state index in [0.29, 0.717) is 36.8 Å². The van der Waals surface area contributed by atoms with Crippen molar-refractivity contribution in [1.82, 2.24) is 0 Å². The quantitative estimate of drug-likeness (QED) is 0.933. The van der Waals surface area contributed by atoms with E-state index in [-0.39, 0.29) is 11.6 Å². The van der Waals surface area contributed by atoms with Crippen LogP contribution < -0.4 is 14.8 Å². The Bertz CT molecular complexity index is 739. The summed E-state index contributed by atoms with van der Waals surface area (Å²) in [7, 11) is -3.76. The van der Waals surface area contributed by atoms with Gasteiger partial charge in [-0.1, -0.05) is 12.1 Å². The number of hydrogen-bond acceptors (Lipinski definition) is 5. The van der Waals surface area contributed by atoms with Crippen molar-refractivity contribution in [3.05, 3.63) is 42.2 Å². The average molecular weight is 308 g/mol. The molecule has 0 aliphatic carbocycles. The third kappa shape index (κ3) is 2.50. The molecule has 1 aliphatic rings. The first-order valence-corrected chi connectivity index (χ1v) is 8.10. The number of furan rings is 1. The van der Waals surface area contributed by atoms with Crippen LogP contribution in [0.4, 0.5) is 5.69 Å². The zero-order valence-corrected chi connectivity index (χ0v) is 12.2. The Hall–Kier alpha value is -1.99. The van der Waals surface area contributed by atoms with Crippen LogP contribution in [0.3, 0.4) is 0 Å². The Labute approximate surface area is 123 Å². The molecule has 2 aromatic rings. The van der Waals surface area contributed by atoms with Crippen molar-refractivity contribution in [3.8, 4) is 5.75 Å². The molecule has 0 amide bonds. The molecular formula is C14H16N2O4S. The van der Waals surface area contributed by atoms with E-state index in [4.69, 9.17) is 14.9 Å². The van der Waals surface area contributed by atoms with Crippen molar-refractivity contribution in [3.63, 3.8) is 0 Å². The van der Waals surface area contributed by atoms with E-state index in [1.165, 1.54) is 10.4 Å². The van der Waals surface area contributed by atoms with Gasteiger partial charge in [0.2, 0.25) is 5.09 Å². The molecule has 1 aliphatic heterocycles. The minimum absolute atomic E-state index is 0.0975. The number of nitrogens with two attached hydrogens (primary N) is 1. The SMILES string of the molecule is NCc1ccc(S(=O)(=O)N2CCCOc3ccccc32)o1. The number of nitrogens with zero attached hydrogens (tertiary/aromatic N) is 1. The fourth-order valence-electron chi connectivity index (χ4n) is 2.26. The highest BCUT2D eigenvalue weighted by atomic mass is 32.2.